The van der Waals surface area contributed by atoms with Crippen molar-refractivity contribution in [2.24, 2.45) is 5.92 Å². The molecule has 1 amide bonds. The van der Waals surface area contributed by atoms with Crippen LogP contribution in [0.4, 0.5) is 0 Å². The highest BCUT2D eigenvalue weighted by Gasteiger charge is 2.33. The summed E-state index contributed by atoms with van der Waals surface area (Å²) in [5.74, 6) is -0.396. The van der Waals surface area contributed by atoms with Crippen molar-refractivity contribution >= 4 is 27.3 Å². The van der Waals surface area contributed by atoms with Crippen LogP contribution in [0, 0.1) is 5.92 Å². The Morgan fingerprint density at radius 3 is 2.55 bits per heavy atom. The average molecular weight is 464 g/mol. The number of nitrogens with one attached hydrogen (secondary N) is 1. The Hall–Kier alpha value is -1.78. The SMILES string of the molecule is O=C(NCc1ccc(CN2CCOCC2)cc1)[C@H]1CCCN(S(=O)(=O)c2cccs2)C1. The van der Waals surface area contributed by atoms with Gasteiger partial charge in [0.25, 0.3) is 10.0 Å². The van der Waals surface area contributed by atoms with E-state index in [1.165, 1.54) is 21.2 Å². The fourth-order valence-electron chi connectivity index (χ4n) is 4.03. The Bertz CT molecular complexity index is 955. The normalized spacial score (nSPS) is 21.1. The van der Waals surface area contributed by atoms with Crippen LogP contribution in [-0.4, -0.2) is 62.9 Å². The molecule has 2 aliphatic rings. The molecule has 0 radical (unpaired) electrons. The summed E-state index contributed by atoms with van der Waals surface area (Å²) in [6.45, 7) is 5.56. The van der Waals surface area contributed by atoms with Gasteiger partial charge in [0.1, 0.15) is 4.21 Å². The van der Waals surface area contributed by atoms with Gasteiger partial charge in [0.15, 0.2) is 0 Å². The maximum Gasteiger partial charge on any atom is 0.252 e. The van der Waals surface area contributed by atoms with Gasteiger partial charge in [0.2, 0.25) is 5.91 Å². The predicted octanol–water partition coefficient (Wildman–Crippen LogP) is 2.30. The quantitative estimate of drug-likeness (QED) is 0.682. The van der Waals surface area contributed by atoms with Gasteiger partial charge in [-0.15, -0.1) is 11.3 Å². The number of ether oxygens (including phenoxy) is 1. The summed E-state index contributed by atoms with van der Waals surface area (Å²) in [5.41, 5.74) is 2.29. The Morgan fingerprint density at radius 2 is 1.84 bits per heavy atom. The first kappa shape index (κ1) is 22.4. The molecule has 0 unspecified atom stereocenters. The van der Waals surface area contributed by atoms with Gasteiger partial charge in [0.05, 0.1) is 19.1 Å². The van der Waals surface area contributed by atoms with E-state index in [1.807, 2.05) is 12.1 Å². The Morgan fingerprint density at radius 1 is 1.10 bits per heavy atom. The second kappa shape index (κ2) is 10.2. The molecule has 0 spiro atoms. The number of benzene rings is 1. The molecular formula is C22H29N3O4S2. The molecule has 31 heavy (non-hydrogen) atoms. The van der Waals surface area contributed by atoms with Gasteiger partial charge in [-0.2, -0.15) is 4.31 Å². The zero-order valence-electron chi connectivity index (χ0n) is 17.5. The van der Waals surface area contributed by atoms with Crippen molar-refractivity contribution < 1.29 is 17.9 Å². The lowest BCUT2D eigenvalue weighted by Gasteiger charge is -2.30. The Balaban J connectivity index is 1.28. The summed E-state index contributed by atoms with van der Waals surface area (Å²) in [6, 6.07) is 11.7. The van der Waals surface area contributed by atoms with Crippen molar-refractivity contribution in [1.29, 1.82) is 0 Å². The van der Waals surface area contributed by atoms with Crippen LogP contribution in [0.5, 0.6) is 0 Å². The second-order valence-electron chi connectivity index (χ2n) is 8.06. The van der Waals surface area contributed by atoms with Gasteiger partial charge in [-0.05, 0) is 35.4 Å². The number of morpholine rings is 1. The van der Waals surface area contributed by atoms with Crippen LogP contribution in [0.2, 0.25) is 0 Å². The molecule has 2 aliphatic heterocycles. The molecule has 2 saturated heterocycles. The molecular weight excluding hydrogens is 434 g/mol. The Kier molecular flexibility index (Phi) is 7.39. The molecule has 2 aromatic rings. The molecule has 1 aromatic heterocycles. The first-order valence-corrected chi connectivity index (χ1v) is 13.0. The van der Waals surface area contributed by atoms with E-state index in [-0.39, 0.29) is 18.4 Å². The molecule has 4 rings (SSSR count). The van der Waals surface area contributed by atoms with Crippen molar-refractivity contribution in [2.75, 3.05) is 39.4 Å². The third-order valence-electron chi connectivity index (χ3n) is 5.84. The minimum absolute atomic E-state index is 0.0801. The van der Waals surface area contributed by atoms with E-state index < -0.39 is 10.0 Å². The number of piperidine rings is 1. The highest BCUT2D eigenvalue weighted by atomic mass is 32.2. The van der Waals surface area contributed by atoms with Crippen molar-refractivity contribution in [3.05, 3.63) is 52.9 Å². The molecule has 1 aromatic carbocycles. The molecule has 0 saturated carbocycles. The van der Waals surface area contributed by atoms with Crippen LogP contribution in [0.1, 0.15) is 24.0 Å². The number of hydrogen-bond acceptors (Lipinski definition) is 6. The van der Waals surface area contributed by atoms with E-state index in [9.17, 15) is 13.2 Å². The molecule has 7 nitrogen and oxygen atoms in total. The van der Waals surface area contributed by atoms with E-state index in [1.54, 1.807) is 17.5 Å². The van der Waals surface area contributed by atoms with Gasteiger partial charge in [0, 0.05) is 39.3 Å². The van der Waals surface area contributed by atoms with Gasteiger partial charge in [-0.25, -0.2) is 8.42 Å². The lowest BCUT2D eigenvalue weighted by Crippen LogP contribution is -2.45. The van der Waals surface area contributed by atoms with Crippen LogP contribution < -0.4 is 5.32 Å². The molecule has 1 atom stereocenters. The number of rotatable bonds is 7. The maximum atomic E-state index is 12.8. The number of carbonyl (C=O) groups excluding carboxylic acids is 1. The zero-order valence-corrected chi connectivity index (χ0v) is 19.2. The highest BCUT2D eigenvalue weighted by Crippen LogP contribution is 2.26. The number of amides is 1. The van der Waals surface area contributed by atoms with Gasteiger partial charge in [-0.3, -0.25) is 9.69 Å². The monoisotopic (exact) mass is 463 g/mol. The average Bonchev–Trinajstić information content (AvgIpc) is 3.35. The van der Waals surface area contributed by atoms with E-state index >= 15 is 0 Å². The first-order chi connectivity index (χ1) is 15.0. The van der Waals surface area contributed by atoms with Crippen molar-refractivity contribution in [1.82, 2.24) is 14.5 Å². The molecule has 1 N–H and O–H groups in total. The number of thiophene rings is 1. The molecule has 9 heteroatoms. The topological polar surface area (TPSA) is 79.0 Å². The van der Waals surface area contributed by atoms with Crippen molar-refractivity contribution in [3.63, 3.8) is 0 Å². The summed E-state index contributed by atoms with van der Waals surface area (Å²) in [7, 11) is -3.51. The highest BCUT2D eigenvalue weighted by molar-refractivity contribution is 7.91. The number of carbonyl (C=O) groups is 1. The van der Waals surface area contributed by atoms with Crippen molar-refractivity contribution in [3.8, 4) is 0 Å². The summed E-state index contributed by atoms with van der Waals surface area (Å²) in [6.07, 6.45) is 1.40. The summed E-state index contributed by atoms with van der Waals surface area (Å²) < 4.78 is 32.7. The van der Waals surface area contributed by atoms with Crippen LogP contribution in [0.3, 0.4) is 0 Å². The zero-order chi connectivity index (χ0) is 21.7. The third-order valence-corrected chi connectivity index (χ3v) is 9.08. The summed E-state index contributed by atoms with van der Waals surface area (Å²) >= 11 is 1.21. The van der Waals surface area contributed by atoms with Gasteiger partial charge in [-0.1, -0.05) is 30.3 Å². The molecule has 0 aliphatic carbocycles. The van der Waals surface area contributed by atoms with Crippen LogP contribution in [0.15, 0.2) is 46.0 Å². The van der Waals surface area contributed by atoms with E-state index in [0.29, 0.717) is 30.1 Å². The third kappa shape index (κ3) is 5.72. The largest absolute Gasteiger partial charge is 0.379 e. The van der Waals surface area contributed by atoms with E-state index in [2.05, 4.69) is 22.3 Å². The lowest BCUT2D eigenvalue weighted by atomic mass is 9.98. The second-order valence-corrected chi connectivity index (χ2v) is 11.2. The Labute approximate surface area is 188 Å². The van der Waals surface area contributed by atoms with Crippen LogP contribution >= 0.6 is 11.3 Å². The maximum absolute atomic E-state index is 12.8. The van der Waals surface area contributed by atoms with E-state index in [0.717, 1.165) is 38.4 Å². The van der Waals surface area contributed by atoms with Crippen LogP contribution in [0.25, 0.3) is 0 Å². The minimum Gasteiger partial charge on any atom is -0.379 e. The number of sulfonamides is 1. The van der Waals surface area contributed by atoms with Crippen molar-refractivity contribution in [2.45, 2.75) is 30.1 Å². The summed E-state index contributed by atoms with van der Waals surface area (Å²) in [5, 5.41) is 4.75. The van der Waals surface area contributed by atoms with Gasteiger partial charge < -0.3 is 10.1 Å². The molecule has 0 bridgehead atoms. The molecule has 2 fully saturated rings. The number of nitrogens with zero attached hydrogens (tertiary/aromatic N) is 2. The van der Waals surface area contributed by atoms with Gasteiger partial charge >= 0.3 is 0 Å². The van der Waals surface area contributed by atoms with Crippen LogP contribution in [-0.2, 0) is 32.6 Å². The molecule has 168 valence electrons. The fourth-order valence-corrected chi connectivity index (χ4v) is 6.69. The standard InChI is InChI=1S/C22H29N3O4S2/c26-22(20-3-1-9-25(17-20)31(27,28)21-4-2-14-30-21)23-15-18-5-7-19(8-6-18)16-24-10-12-29-13-11-24/h2,4-8,14,20H,1,3,9-13,15-17H2,(H,23,26)/t20-/m0/s1. The smallest absolute Gasteiger partial charge is 0.252 e. The minimum atomic E-state index is -3.51. The first-order valence-electron chi connectivity index (χ1n) is 10.7. The lowest BCUT2D eigenvalue weighted by molar-refractivity contribution is -0.126. The predicted molar refractivity (Wildman–Crippen MR) is 120 cm³/mol. The van der Waals surface area contributed by atoms with E-state index in [4.69, 9.17) is 4.74 Å². The summed E-state index contributed by atoms with van der Waals surface area (Å²) in [4.78, 5) is 15.1. The molecule has 3 heterocycles. The fraction of sp³-hybridized carbons (Fsp3) is 0.500. The number of hydrogen-bond donors (Lipinski definition) is 1.